The van der Waals surface area contributed by atoms with E-state index >= 15 is 0 Å². The zero-order valence-electron chi connectivity index (χ0n) is 13.7. The molecule has 0 amide bonds. The third-order valence-corrected chi connectivity index (χ3v) is 4.12. The Morgan fingerprint density at radius 1 is 1.00 bits per heavy atom. The van der Waals surface area contributed by atoms with Gasteiger partial charge in [-0.25, -0.2) is 15.0 Å². The van der Waals surface area contributed by atoms with Crippen LogP contribution in [0.5, 0.6) is 5.75 Å². The third-order valence-electron chi connectivity index (χ3n) is 4.12. The number of hydrogen-bond acceptors (Lipinski definition) is 6. The van der Waals surface area contributed by atoms with E-state index in [1.807, 2.05) is 30.5 Å². The number of anilines is 2. The van der Waals surface area contributed by atoms with E-state index in [1.54, 1.807) is 6.20 Å². The molecule has 1 fully saturated rings. The van der Waals surface area contributed by atoms with Gasteiger partial charge in [0.15, 0.2) is 0 Å². The summed E-state index contributed by atoms with van der Waals surface area (Å²) in [5, 5.41) is 8.71. The van der Waals surface area contributed by atoms with Crippen LogP contribution in [0.2, 0.25) is 0 Å². The molecule has 130 valence electrons. The molecule has 0 saturated carbocycles. The minimum atomic E-state index is 0. The molecule has 0 radical (unpaired) electrons. The van der Waals surface area contributed by atoms with Gasteiger partial charge in [-0.2, -0.15) is 0 Å². The van der Waals surface area contributed by atoms with Crippen molar-refractivity contribution in [2.45, 2.75) is 18.9 Å². The van der Waals surface area contributed by atoms with Crippen molar-refractivity contribution in [2.24, 2.45) is 0 Å². The molecule has 1 aliphatic rings. The minimum absolute atomic E-state index is 0. The van der Waals surface area contributed by atoms with Gasteiger partial charge in [0.1, 0.15) is 29.8 Å². The number of nitrogens with one attached hydrogen (secondary N) is 2. The number of hydrogen-bond donors (Lipinski definition) is 2. The second-order valence-electron chi connectivity index (χ2n) is 5.87. The molecule has 1 saturated heterocycles. The molecule has 3 heterocycles. The van der Waals surface area contributed by atoms with E-state index in [0.717, 1.165) is 54.1 Å². The third kappa shape index (κ3) is 4.35. The number of piperidine rings is 1. The highest BCUT2D eigenvalue weighted by atomic mass is 35.5. The number of rotatable bonds is 4. The number of fused-ring (bicyclic) bond motifs is 1. The van der Waals surface area contributed by atoms with Gasteiger partial charge in [0.2, 0.25) is 0 Å². The standard InChI is InChI=1S/C18H19N5O.ClH/c1-2-16(24-15-3-6-19-7-4-15)9-14-10-18(21-11-13(1)14)23-17-5-8-20-12-22-17;/h1-2,5,8-12,15,19H,3-4,6-7H2,(H,20,21,22,23);1H. The van der Waals surface area contributed by atoms with E-state index in [0.29, 0.717) is 6.10 Å². The molecule has 7 heteroatoms. The van der Waals surface area contributed by atoms with Gasteiger partial charge in [0, 0.05) is 17.8 Å². The van der Waals surface area contributed by atoms with Crippen molar-refractivity contribution in [1.82, 2.24) is 20.3 Å². The van der Waals surface area contributed by atoms with Crippen LogP contribution in [0.4, 0.5) is 11.6 Å². The predicted octanol–water partition coefficient (Wildman–Crippen LogP) is 3.32. The molecule has 3 aromatic rings. The van der Waals surface area contributed by atoms with Crippen molar-refractivity contribution >= 4 is 34.8 Å². The van der Waals surface area contributed by atoms with Gasteiger partial charge in [0.25, 0.3) is 0 Å². The molecule has 1 aromatic carbocycles. The SMILES string of the molecule is Cl.c1cc(Nc2cc3cc(OC4CCNCC4)ccc3cn2)ncn1. The summed E-state index contributed by atoms with van der Waals surface area (Å²) >= 11 is 0. The summed E-state index contributed by atoms with van der Waals surface area (Å²) in [6.45, 7) is 2.05. The Labute approximate surface area is 152 Å². The van der Waals surface area contributed by atoms with E-state index in [1.165, 1.54) is 6.33 Å². The first-order valence-corrected chi connectivity index (χ1v) is 8.17. The number of aromatic nitrogens is 3. The van der Waals surface area contributed by atoms with Crippen LogP contribution >= 0.6 is 12.4 Å². The van der Waals surface area contributed by atoms with Crippen molar-refractivity contribution < 1.29 is 4.74 Å². The zero-order chi connectivity index (χ0) is 16.2. The molecule has 2 aromatic heterocycles. The fraction of sp³-hybridized carbons (Fsp3) is 0.278. The molecule has 0 spiro atoms. The molecule has 0 atom stereocenters. The van der Waals surface area contributed by atoms with Crippen molar-refractivity contribution in [1.29, 1.82) is 0 Å². The van der Waals surface area contributed by atoms with E-state index in [-0.39, 0.29) is 12.4 Å². The van der Waals surface area contributed by atoms with Gasteiger partial charge < -0.3 is 15.4 Å². The Morgan fingerprint density at radius 2 is 1.88 bits per heavy atom. The van der Waals surface area contributed by atoms with Crippen LogP contribution in [0.1, 0.15) is 12.8 Å². The first kappa shape index (κ1) is 17.4. The summed E-state index contributed by atoms with van der Waals surface area (Å²) in [6, 6.07) is 9.95. The van der Waals surface area contributed by atoms with Gasteiger partial charge in [-0.3, -0.25) is 0 Å². The van der Waals surface area contributed by atoms with Gasteiger partial charge in [-0.1, -0.05) is 0 Å². The summed E-state index contributed by atoms with van der Waals surface area (Å²) in [6.07, 6.45) is 7.45. The average Bonchev–Trinajstić information content (AvgIpc) is 2.63. The van der Waals surface area contributed by atoms with Crippen LogP contribution in [0.3, 0.4) is 0 Å². The maximum Gasteiger partial charge on any atom is 0.134 e. The fourth-order valence-corrected chi connectivity index (χ4v) is 2.86. The zero-order valence-corrected chi connectivity index (χ0v) is 14.5. The van der Waals surface area contributed by atoms with E-state index in [4.69, 9.17) is 4.74 Å². The van der Waals surface area contributed by atoms with Crippen molar-refractivity contribution in [3.05, 3.63) is 49.1 Å². The van der Waals surface area contributed by atoms with Crippen molar-refractivity contribution in [3.63, 3.8) is 0 Å². The van der Waals surface area contributed by atoms with Gasteiger partial charge in [-0.15, -0.1) is 12.4 Å². The van der Waals surface area contributed by atoms with Crippen LogP contribution in [-0.4, -0.2) is 34.1 Å². The molecule has 0 unspecified atom stereocenters. The van der Waals surface area contributed by atoms with Gasteiger partial charge in [-0.05, 0) is 61.6 Å². The lowest BCUT2D eigenvalue weighted by molar-refractivity contribution is 0.162. The summed E-state index contributed by atoms with van der Waals surface area (Å²) in [5.41, 5.74) is 0. The van der Waals surface area contributed by atoms with Crippen molar-refractivity contribution in [3.8, 4) is 5.75 Å². The van der Waals surface area contributed by atoms with E-state index < -0.39 is 0 Å². The lowest BCUT2D eigenvalue weighted by atomic mass is 10.1. The normalized spacial score (nSPS) is 14.7. The molecular weight excluding hydrogens is 338 g/mol. The highest BCUT2D eigenvalue weighted by molar-refractivity contribution is 5.86. The molecule has 0 bridgehead atoms. The highest BCUT2D eigenvalue weighted by Gasteiger charge is 2.14. The Kier molecular flexibility index (Phi) is 5.63. The van der Waals surface area contributed by atoms with Crippen LogP contribution < -0.4 is 15.4 Å². The summed E-state index contributed by atoms with van der Waals surface area (Å²) in [5.74, 6) is 2.38. The molecule has 0 aliphatic carbocycles. The Hall–Kier alpha value is -2.44. The summed E-state index contributed by atoms with van der Waals surface area (Å²) in [7, 11) is 0. The van der Waals surface area contributed by atoms with Crippen molar-refractivity contribution in [2.75, 3.05) is 18.4 Å². The second kappa shape index (κ2) is 8.09. The summed E-state index contributed by atoms with van der Waals surface area (Å²) < 4.78 is 6.12. The Bertz CT molecular complexity index is 824. The monoisotopic (exact) mass is 357 g/mol. The molecule has 6 nitrogen and oxygen atoms in total. The molecule has 4 rings (SSSR count). The topological polar surface area (TPSA) is 72.0 Å². The second-order valence-corrected chi connectivity index (χ2v) is 5.87. The van der Waals surface area contributed by atoms with Crippen LogP contribution in [0, 0.1) is 0 Å². The quantitative estimate of drug-likeness (QED) is 0.746. The molecule has 25 heavy (non-hydrogen) atoms. The van der Waals surface area contributed by atoms with Gasteiger partial charge in [0.05, 0.1) is 0 Å². The van der Waals surface area contributed by atoms with Crippen LogP contribution in [-0.2, 0) is 0 Å². The number of halogens is 1. The maximum absolute atomic E-state index is 6.12. The number of pyridine rings is 1. The first-order valence-electron chi connectivity index (χ1n) is 8.17. The maximum atomic E-state index is 6.12. The van der Waals surface area contributed by atoms with E-state index in [9.17, 15) is 0 Å². The number of ether oxygens (including phenoxy) is 1. The van der Waals surface area contributed by atoms with E-state index in [2.05, 4.69) is 31.7 Å². The smallest absolute Gasteiger partial charge is 0.134 e. The lowest BCUT2D eigenvalue weighted by Crippen LogP contribution is -2.34. The minimum Gasteiger partial charge on any atom is -0.490 e. The molecule has 1 aliphatic heterocycles. The Morgan fingerprint density at radius 3 is 2.68 bits per heavy atom. The predicted molar refractivity (Wildman–Crippen MR) is 101 cm³/mol. The lowest BCUT2D eigenvalue weighted by Gasteiger charge is -2.24. The average molecular weight is 358 g/mol. The highest BCUT2D eigenvalue weighted by Crippen LogP contribution is 2.25. The van der Waals surface area contributed by atoms with Crippen LogP contribution in [0.15, 0.2) is 49.1 Å². The van der Waals surface area contributed by atoms with Crippen LogP contribution in [0.25, 0.3) is 10.8 Å². The Balaban J connectivity index is 0.00000182. The summed E-state index contributed by atoms with van der Waals surface area (Å²) in [4.78, 5) is 12.5. The molecule has 2 N–H and O–H groups in total. The first-order chi connectivity index (χ1) is 11.9. The number of benzene rings is 1. The molecular formula is C18H20ClN5O. The fourth-order valence-electron chi connectivity index (χ4n) is 2.86. The number of nitrogens with zero attached hydrogens (tertiary/aromatic N) is 3. The largest absolute Gasteiger partial charge is 0.490 e. The van der Waals surface area contributed by atoms with Gasteiger partial charge >= 0.3 is 0 Å².